The van der Waals surface area contributed by atoms with E-state index in [0.717, 1.165) is 18.8 Å². The standard InChI is InChI=1S/C12H15NO/c1-13-12(6-7-12)10-4-2-3-9-5-8-14-11(9)10/h2-4,13H,5-8H2,1H3. The lowest BCUT2D eigenvalue weighted by molar-refractivity contribution is 0.348. The van der Waals surface area contributed by atoms with Gasteiger partial charge in [-0.2, -0.15) is 0 Å². The van der Waals surface area contributed by atoms with Gasteiger partial charge >= 0.3 is 0 Å². The number of benzene rings is 1. The minimum atomic E-state index is 0.232. The largest absolute Gasteiger partial charge is 0.493 e. The maximum Gasteiger partial charge on any atom is 0.127 e. The first-order valence-corrected chi connectivity index (χ1v) is 5.30. The van der Waals surface area contributed by atoms with Crippen molar-refractivity contribution < 1.29 is 4.74 Å². The van der Waals surface area contributed by atoms with E-state index in [0.29, 0.717) is 0 Å². The van der Waals surface area contributed by atoms with Gasteiger partial charge in [-0.25, -0.2) is 0 Å². The lowest BCUT2D eigenvalue weighted by Crippen LogP contribution is -2.24. The van der Waals surface area contributed by atoms with Gasteiger partial charge in [0.15, 0.2) is 0 Å². The minimum Gasteiger partial charge on any atom is -0.493 e. The molecule has 2 nitrogen and oxygen atoms in total. The third-order valence-electron chi connectivity index (χ3n) is 3.46. The summed E-state index contributed by atoms with van der Waals surface area (Å²) in [5.74, 6) is 1.15. The third kappa shape index (κ3) is 1.01. The maximum atomic E-state index is 5.72. The molecule has 14 heavy (non-hydrogen) atoms. The van der Waals surface area contributed by atoms with E-state index in [1.165, 1.54) is 24.0 Å². The van der Waals surface area contributed by atoms with Crippen LogP contribution >= 0.6 is 0 Å². The SMILES string of the molecule is CNC1(c2cccc3c2OCC3)CC1. The molecular weight excluding hydrogens is 174 g/mol. The summed E-state index contributed by atoms with van der Waals surface area (Å²) in [6.07, 6.45) is 3.55. The average molecular weight is 189 g/mol. The molecule has 74 valence electrons. The highest BCUT2D eigenvalue weighted by Crippen LogP contribution is 2.50. The van der Waals surface area contributed by atoms with Crippen LogP contribution in [0.1, 0.15) is 24.0 Å². The molecule has 0 spiro atoms. The van der Waals surface area contributed by atoms with Gasteiger partial charge in [0.2, 0.25) is 0 Å². The Labute approximate surface area is 84.3 Å². The molecule has 1 aliphatic heterocycles. The molecule has 1 heterocycles. The molecule has 1 aliphatic carbocycles. The normalized spacial score (nSPS) is 21.5. The molecule has 0 radical (unpaired) electrons. The molecular formula is C12H15NO. The van der Waals surface area contributed by atoms with E-state index in [1.54, 1.807) is 0 Å². The van der Waals surface area contributed by atoms with Gasteiger partial charge in [0, 0.05) is 17.5 Å². The van der Waals surface area contributed by atoms with Crippen molar-refractivity contribution in [1.82, 2.24) is 5.32 Å². The van der Waals surface area contributed by atoms with Gasteiger partial charge in [-0.3, -0.25) is 0 Å². The second-order valence-electron chi connectivity index (χ2n) is 4.22. The van der Waals surface area contributed by atoms with E-state index in [9.17, 15) is 0 Å². The van der Waals surface area contributed by atoms with Gasteiger partial charge < -0.3 is 10.1 Å². The Morgan fingerprint density at radius 3 is 2.93 bits per heavy atom. The molecule has 1 aromatic rings. The highest BCUT2D eigenvalue weighted by molar-refractivity contribution is 5.49. The van der Waals surface area contributed by atoms with Crippen LogP contribution in [0.5, 0.6) is 5.75 Å². The van der Waals surface area contributed by atoms with E-state index in [-0.39, 0.29) is 5.54 Å². The number of rotatable bonds is 2. The first kappa shape index (κ1) is 8.30. The molecule has 1 saturated carbocycles. The number of ether oxygens (including phenoxy) is 1. The summed E-state index contributed by atoms with van der Waals surface area (Å²) in [6, 6.07) is 6.53. The summed E-state index contributed by atoms with van der Waals surface area (Å²) in [4.78, 5) is 0. The van der Waals surface area contributed by atoms with E-state index in [1.807, 2.05) is 7.05 Å². The van der Waals surface area contributed by atoms with E-state index in [2.05, 4.69) is 23.5 Å². The van der Waals surface area contributed by atoms with Crippen LogP contribution in [-0.2, 0) is 12.0 Å². The molecule has 0 bridgehead atoms. The van der Waals surface area contributed by atoms with E-state index in [4.69, 9.17) is 4.74 Å². The summed E-state index contributed by atoms with van der Waals surface area (Å²) in [5, 5.41) is 3.42. The Hall–Kier alpha value is -1.02. The van der Waals surface area contributed by atoms with Gasteiger partial charge in [-0.15, -0.1) is 0 Å². The Balaban J connectivity index is 2.10. The third-order valence-corrected chi connectivity index (χ3v) is 3.46. The second kappa shape index (κ2) is 2.74. The van der Waals surface area contributed by atoms with Crippen molar-refractivity contribution >= 4 is 0 Å². The Morgan fingerprint density at radius 2 is 2.21 bits per heavy atom. The average Bonchev–Trinajstić information content (AvgIpc) is 2.87. The van der Waals surface area contributed by atoms with Crippen molar-refractivity contribution in [3.63, 3.8) is 0 Å². The lowest BCUT2D eigenvalue weighted by atomic mass is 10.0. The molecule has 1 aromatic carbocycles. The predicted molar refractivity (Wildman–Crippen MR) is 55.6 cm³/mol. The van der Waals surface area contributed by atoms with Crippen LogP contribution in [0.25, 0.3) is 0 Å². The van der Waals surface area contributed by atoms with Gasteiger partial charge in [-0.1, -0.05) is 18.2 Å². The maximum absolute atomic E-state index is 5.72. The summed E-state index contributed by atoms with van der Waals surface area (Å²) in [6.45, 7) is 0.853. The van der Waals surface area contributed by atoms with Crippen LogP contribution in [0.4, 0.5) is 0 Å². The van der Waals surface area contributed by atoms with Crippen LogP contribution in [0.15, 0.2) is 18.2 Å². The van der Waals surface area contributed by atoms with Crippen molar-refractivity contribution in [2.45, 2.75) is 24.8 Å². The summed E-state index contributed by atoms with van der Waals surface area (Å²) >= 11 is 0. The van der Waals surface area contributed by atoms with Gasteiger partial charge in [0.1, 0.15) is 5.75 Å². The first-order valence-electron chi connectivity index (χ1n) is 5.30. The molecule has 0 unspecified atom stereocenters. The van der Waals surface area contributed by atoms with Crippen molar-refractivity contribution in [2.75, 3.05) is 13.7 Å². The number of fused-ring (bicyclic) bond motifs is 1. The summed E-state index contributed by atoms with van der Waals surface area (Å²) in [5.41, 5.74) is 2.98. The number of nitrogens with one attached hydrogen (secondary N) is 1. The monoisotopic (exact) mass is 189 g/mol. The minimum absolute atomic E-state index is 0.232. The molecule has 0 aromatic heterocycles. The van der Waals surface area contributed by atoms with Crippen LogP contribution in [0.2, 0.25) is 0 Å². The Bertz CT molecular complexity index is 369. The highest BCUT2D eigenvalue weighted by Gasteiger charge is 2.45. The molecule has 1 fully saturated rings. The molecule has 0 saturated heterocycles. The smallest absolute Gasteiger partial charge is 0.127 e. The molecule has 2 aliphatic rings. The quantitative estimate of drug-likeness (QED) is 0.766. The van der Waals surface area contributed by atoms with Crippen molar-refractivity contribution in [3.05, 3.63) is 29.3 Å². The summed E-state index contributed by atoms with van der Waals surface area (Å²) < 4.78 is 5.72. The number of hydrogen-bond donors (Lipinski definition) is 1. The Kier molecular flexibility index (Phi) is 1.62. The summed E-state index contributed by atoms with van der Waals surface area (Å²) in [7, 11) is 2.04. The zero-order valence-electron chi connectivity index (χ0n) is 8.47. The van der Waals surface area contributed by atoms with Crippen molar-refractivity contribution in [1.29, 1.82) is 0 Å². The highest BCUT2D eigenvalue weighted by atomic mass is 16.5. The zero-order chi connectivity index (χ0) is 9.60. The Morgan fingerprint density at radius 1 is 1.36 bits per heavy atom. The van der Waals surface area contributed by atoms with Gasteiger partial charge in [0.25, 0.3) is 0 Å². The van der Waals surface area contributed by atoms with E-state index >= 15 is 0 Å². The van der Waals surface area contributed by atoms with Crippen molar-refractivity contribution in [2.24, 2.45) is 0 Å². The van der Waals surface area contributed by atoms with Gasteiger partial charge in [-0.05, 0) is 25.5 Å². The van der Waals surface area contributed by atoms with E-state index < -0.39 is 0 Å². The zero-order valence-corrected chi connectivity index (χ0v) is 8.47. The first-order chi connectivity index (χ1) is 6.86. The van der Waals surface area contributed by atoms with Crippen LogP contribution in [0.3, 0.4) is 0 Å². The second-order valence-corrected chi connectivity index (χ2v) is 4.22. The number of hydrogen-bond acceptors (Lipinski definition) is 2. The topological polar surface area (TPSA) is 21.3 Å². The fourth-order valence-corrected chi connectivity index (χ4v) is 2.37. The molecule has 1 N–H and O–H groups in total. The van der Waals surface area contributed by atoms with Crippen LogP contribution < -0.4 is 10.1 Å². The van der Waals surface area contributed by atoms with Gasteiger partial charge in [0.05, 0.1) is 6.61 Å². The number of para-hydroxylation sites is 1. The fourth-order valence-electron chi connectivity index (χ4n) is 2.37. The van der Waals surface area contributed by atoms with Crippen LogP contribution in [0, 0.1) is 0 Å². The molecule has 0 amide bonds. The molecule has 0 atom stereocenters. The van der Waals surface area contributed by atoms with Crippen LogP contribution in [-0.4, -0.2) is 13.7 Å². The predicted octanol–water partition coefficient (Wildman–Crippen LogP) is 1.83. The fraction of sp³-hybridized carbons (Fsp3) is 0.500. The molecule has 3 rings (SSSR count). The van der Waals surface area contributed by atoms with Crippen molar-refractivity contribution in [3.8, 4) is 5.75 Å². The molecule has 2 heteroatoms. The lowest BCUT2D eigenvalue weighted by Gasteiger charge is -2.17.